The van der Waals surface area contributed by atoms with E-state index in [4.69, 9.17) is 0 Å². The first-order chi connectivity index (χ1) is 9.84. The molecule has 1 aromatic heterocycles. The molecule has 4 heteroatoms. The highest BCUT2D eigenvalue weighted by atomic mass is 32.1. The van der Waals surface area contributed by atoms with Gasteiger partial charge in [0.25, 0.3) is 0 Å². The number of para-hydroxylation sites is 1. The second-order valence-corrected chi connectivity index (χ2v) is 6.22. The minimum atomic E-state index is 0.411. The Kier molecular flexibility index (Phi) is 4.33. The third-order valence-corrected chi connectivity index (χ3v) is 4.88. The molecule has 0 radical (unpaired) electrons. The Morgan fingerprint density at radius 1 is 1.40 bits per heavy atom. The van der Waals surface area contributed by atoms with E-state index >= 15 is 0 Å². The Balaban J connectivity index is 1.43. The maximum absolute atomic E-state index is 4.13. The van der Waals surface area contributed by atoms with Crippen LogP contribution in [0, 0.1) is 0 Å². The third-order valence-electron chi connectivity index (χ3n) is 3.92. The fourth-order valence-electron chi connectivity index (χ4n) is 2.77. The number of hydrogen-bond acceptors (Lipinski definition) is 4. The van der Waals surface area contributed by atoms with Gasteiger partial charge < -0.3 is 10.2 Å². The molecule has 0 fully saturated rings. The molecule has 1 atom stereocenters. The predicted molar refractivity (Wildman–Crippen MR) is 85.5 cm³/mol. The monoisotopic (exact) mass is 287 g/mol. The van der Waals surface area contributed by atoms with Crippen LogP contribution in [0.15, 0.2) is 36.0 Å². The number of rotatable bonds is 6. The number of aromatic nitrogens is 1. The molecule has 3 rings (SSSR count). The van der Waals surface area contributed by atoms with Crippen LogP contribution in [-0.2, 0) is 6.42 Å². The molecular weight excluding hydrogens is 266 g/mol. The van der Waals surface area contributed by atoms with Crippen molar-refractivity contribution in [3.63, 3.8) is 0 Å². The highest BCUT2D eigenvalue weighted by molar-refractivity contribution is 7.09. The molecular formula is C16H21N3S. The molecule has 0 aliphatic carbocycles. The molecule has 0 bridgehead atoms. The SMILES string of the molecule is CC(NCCCN1CCc2ccccc21)c1cncs1. The van der Waals surface area contributed by atoms with E-state index in [0.29, 0.717) is 6.04 Å². The van der Waals surface area contributed by atoms with Crippen LogP contribution >= 0.6 is 11.3 Å². The van der Waals surface area contributed by atoms with Crippen molar-refractivity contribution in [2.45, 2.75) is 25.8 Å². The van der Waals surface area contributed by atoms with Crippen molar-refractivity contribution < 1.29 is 0 Å². The number of nitrogens with zero attached hydrogens (tertiary/aromatic N) is 2. The van der Waals surface area contributed by atoms with Gasteiger partial charge in [0, 0.05) is 35.9 Å². The summed E-state index contributed by atoms with van der Waals surface area (Å²) in [5, 5.41) is 3.58. The molecule has 2 heterocycles. The minimum Gasteiger partial charge on any atom is -0.371 e. The lowest BCUT2D eigenvalue weighted by Crippen LogP contribution is -2.26. The number of anilines is 1. The number of nitrogens with one attached hydrogen (secondary N) is 1. The van der Waals surface area contributed by atoms with Crippen molar-refractivity contribution >= 4 is 17.0 Å². The third kappa shape index (κ3) is 3.02. The van der Waals surface area contributed by atoms with Crippen molar-refractivity contribution in [3.8, 4) is 0 Å². The summed E-state index contributed by atoms with van der Waals surface area (Å²) in [4.78, 5) is 7.95. The number of benzene rings is 1. The van der Waals surface area contributed by atoms with Crippen LogP contribution in [0.1, 0.15) is 29.8 Å². The van der Waals surface area contributed by atoms with Crippen LogP contribution in [0.25, 0.3) is 0 Å². The maximum Gasteiger partial charge on any atom is 0.0794 e. The van der Waals surface area contributed by atoms with Crippen LogP contribution in [0.2, 0.25) is 0 Å². The zero-order valence-corrected chi connectivity index (χ0v) is 12.7. The first-order valence-corrected chi connectivity index (χ1v) is 8.17. The Bertz CT molecular complexity index is 538. The van der Waals surface area contributed by atoms with E-state index in [0.717, 1.165) is 13.1 Å². The van der Waals surface area contributed by atoms with Crippen molar-refractivity contribution in [2.24, 2.45) is 0 Å². The van der Waals surface area contributed by atoms with Gasteiger partial charge in [-0.05, 0) is 37.9 Å². The summed E-state index contributed by atoms with van der Waals surface area (Å²) in [6, 6.07) is 9.19. The van der Waals surface area contributed by atoms with Gasteiger partial charge in [0.05, 0.1) is 5.51 Å². The Morgan fingerprint density at radius 2 is 2.30 bits per heavy atom. The zero-order chi connectivity index (χ0) is 13.8. The highest BCUT2D eigenvalue weighted by Gasteiger charge is 2.17. The fraction of sp³-hybridized carbons (Fsp3) is 0.438. The lowest BCUT2D eigenvalue weighted by atomic mass is 10.2. The van der Waals surface area contributed by atoms with E-state index in [-0.39, 0.29) is 0 Å². The molecule has 20 heavy (non-hydrogen) atoms. The average Bonchev–Trinajstić information content (AvgIpc) is 3.13. The van der Waals surface area contributed by atoms with E-state index in [1.165, 1.54) is 35.5 Å². The van der Waals surface area contributed by atoms with Crippen LogP contribution in [0.4, 0.5) is 5.69 Å². The summed E-state index contributed by atoms with van der Waals surface area (Å²) in [5.41, 5.74) is 4.83. The van der Waals surface area contributed by atoms with E-state index < -0.39 is 0 Å². The van der Waals surface area contributed by atoms with Gasteiger partial charge >= 0.3 is 0 Å². The van der Waals surface area contributed by atoms with Crippen LogP contribution < -0.4 is 10.2 Å². The van der Waals surface area contributed by atoms with Crippen molar-refractivity contribution in [1.29, 1.82) is 0 Å². The van der Waals surface area contributed by atoms with Gasteiger partial charge in [-0.1, -0.05) is 18.2 Å². The lowest BCUT2D eigenvalue weighted by Gasteiger charge is -2.20. The molecule has 1 aliphatic rings. The first-order valence-electron chi connectivity index (χ1n) is 7.29. The molecule has 0 amide bonds. The normalized spacial score (nSPS) is 15.3. The van der Waals surface area contributed by atoms with Gasteiger partial charge in [-0.2, -0.15) is 0 Å². The van der Waals surface area contributed by atoms with Gasteiger partial charge in [0.15, 0.2) is 0 Å². The van der Waals surface area contributed by atoms with Crippen LogP contribution in [0.3, 0.4) is 0 Å². The lowest BCUT2D eigenvalue weighted by molar-refractivity contribution is 0.561. The van der Waals surface area contributed by atoms with Gasteiger partial charge in [-0.15, -0.1) is 11.3 Å². The standard InChI is InChI=1S/C16H21N3S/c1-13(16-11-17-12-20-16)18-8-4-9-19-10-7-14-5-2-3-6-15(14)19/h2-3,5-6,11-13,18H,4,7-10H2,1H3. The molecule has 106 valence electrons. The predicted octanol–water partition coefficient (Wildman–Crippen LogP) is 3.25. The van der Waals surface area contributed by atoms with E-state index in [1.807, 2.05) is 11.7 Å². The Labute approximate surface area is 124 Å². The number of fused-ring (bicyclic) bond motifs is 1. The Morgan fingerprint density at radius 3 is 3.15 bits per heavy atom. The molecule has 0 spiro atoms. The van der Waals surface area contributed by atoms with Gasteiger partial charge in [0.1, 0.15) is 0 Å². The van der Waals surface area contributed by atoms with Crippen molar-refractivity contribution in [3.05, 3.63) is 46.4 Å². The number of thiazole rings is 1. The smallest absolute Gasteiger partial charge is 0.0794 e. The first kappa shape index (κ1) is 13.6. The van der Waals surface area contributed by atoms with Gasteiger partial charge in [-0.25, -0.2) is 0 Å². The Hall–Kier alpha value is -1.39. The molecule has 1 N–H and O–H groups in total. The summed E-state index contributed by atoms with van der Waals surface area (Å²) in [6.07, 6.45) is 4.33. The molecule has 1 aliphatic heterocycles. The molecule has 3 nitrogen and oxygen atoms in total. The fourth-order valence-corrected chi connectivity index (χ4v) is 3.42. The molecule has 1 unspecified atom stereocenters. The summed E-state index contributed by atoms with van der Waals surface area (Å²) in [7, 11) is 0. The topological polar surface area (TPSA) is 28.2 Å². The maximum atomic E-state index is 4.13. The van der Waals surface area contributed by atoms with Gasteiger partial charge in [0.2, 0.25) is 0 Å². The summed E-state index contributed by atoms with van der Waals surface area (Å²) < 4.78 is 0. The summed E-state index contributed by atoms with van der Waals surface area (Å²) in [6.45, 7) is 5.57. The molecule has 1 aromatic carbocycles. The van der Waals surface area contributed by atoms with Crippen molar-refractivity contribution in [1.82, 2.24) is 10.3 Å². The largest absolute Gasteiger partial charge is 0.371 e. The van der Waals surface area contributed by atoms with E-state index in [2.05, 4.69) is 46.4 Å². The zero-order valence-electron chi connectivity index (χ0n) is 11.9. The van der Waals surface area contributed by atoms with E-state index in [1.54, 1.807) is 11.3 Å². The second-order valence-electron chi connectivity index (χ2n) is 5.30. The second kappa shape index (κ2) is 6.37. The molecule has 0 saturated carbocycles. The highest BCUT2D eigenvalue weighted by Crippen LogP contribution is 2.27. The quantitative estimate of drug-likeness (QED) is 0.827. The molecule has 2 aromatic rings. The van der Waals surface area contributed by atoms with Gasteiger partial charge in [-0.3, -0.25) is 4.98 Å². The van der Waals surface area contributed by atoms with Crippen LogP contribution in [0.5, 0.6) is 0 Å². The average molecular weight is 287 g/mol. The summed E-state index contributed by atoms with van der Waals surface area (Å²) >= 11 is 1.72. The number of hydrogen-bond donors (Lipinski definition) is 1. The minimum absolute atomic E-state index is 0.411. The van der Waals surface area contributed by atoms with E-state index in [9.17, 15) is 0 Å². The van der Waals surface area contributed by atoms with Crippen LogP contribution in [-0.4, -0.2) is 24.6 Å². The van der Waals surface area contributed by atoms with Crippen molar-refractivity contribution in [2.75, 3.05) is 24.5 Å². The molecule has 0 saturated heterocycles. The summed E-state index contributed by atoms with van der Waals surface area (Å²) in [5.74, 6) is 0.